The molecule has 10 aromatic heterocycles. The molecule has 10 aromatic rings. The summed E-state index contributed by atoms with van der Waals surface area (Å²) >= 11 is 11.1. The van der Waals surface area contributed by atoms with Gasteiger partial charge in [0, 0.05) is 70.7 Å². The van der Waals surface area contributed by atoms with Crippen molar-refractivity contribution < 1.29 is 28.4 Å². The summed E-state index contributed by atoms with van der Waals surface area (Å²) < 4.78 is 61.2. The number of fused-ring (bicyclic) bond motifs is 8. The first-order valence-corrected chi connectivity index (χ1v) is 32.8. The zero-order valence-electron chi connectivity index (χ0n) is 44.7. The molecule has 16 heteroatoms. The van der Waals surface area contributed by atoms with E-state index in [0.29, 0.717) is 79.3 Å². The number of rotatable bonds is 0. The number of hydrogen-bond donors (Lipinski definition) is 0. The minimum atomic E-state index is 0.561. The van der Waals surface area contributed by atoms with Crippen LogP contribution in [0.4, 0.5) is 0 Å². The molecule has 0 saturated carbocycles. The Morgan fingerprint density at radius 2 is 0.400 bits per heavy atom. The van der Waals surface area contributed by atoms with E-state index in [9.17, 15) is 0 Å². The highest BCUT2D eigenvalue weighted by atomic mass is 32.1. The van der Waals surface area contributed by atoms with Gasteiger partial charge in [0.1, 0.15) is 0 Å². The van der Waals surface area contributed by atoms with E-state index in [4.69, 9.17) is 28.4 Å². The fourth-order valence-electron chi connectivity index (χ4n) is 10.8. The summed E-state index contributed by atoms with van der Waals surface area (Å²) in [6.45, 7) is 10.6. The third kappa shape index (κ3) is 12.2. The van der Waals surface area contributed by atoms with Crippen LogP contribution in [0.5, 0.6) is 0 Å². The van der Waals surface area contributed by atoms with Crippen molar-refractivity contribution in [3.63, 3.8) is 0 Å². The van der Waals surface area contributed by atoms with Gasteiger partial charge in [-0.25, -0.2) is 0 Å². The summed E-state index contributed by atoms with van der Waals surface area (Å²) in [5, 5.41) is 9.86. The molecule has 3 aliphatic rings. The maximum Gasteiger partial charge on any atom is 0.0701 e. The number of thiophene rings is 6. The molecule has 80 heavy (non-hydrogen) atoms. The maximum absolute atomic E-state index is 6.09. The quantitative estimate of drug-likeness (QED) is 0.151. The molecule has 0 N–H and O–H groups in total. The van der Waals surface area contributed by atoms with Gasteiger partial charge in [-0.1, -0.05) is 0 Å². The molecule has 10 nitrogen and oxygen atoms in total. The van der Waals surface area contributed by atoms with E-state index in [1.165, 1.54) is 97.2 Å². The van der Waals surface area contributed by atoms with Crippen LogP contribution in [0.2, 0.25) is 0 Å². The van der Waals surface area contributed by atoms with Crippen LogP contribution in [0.25, 0.3) is 24.3 Å². The molecule has 24 bridgehead atoms. The Hall–Kier alpha value is -5.44. The predicted octanol–water partition coefficient (Wildman–Crippen LogP) is 10.1. The van der Waals surface area contributed by atoms with Crippen molar-refractivity contribution in [2.24, 2.45) is 0 Å². The van der Waals surface area contributed by atoms with Crippen molar-refractivity contribution in [2.75, 3.05) is 79.3 Å². The van der Waals surface area contributed by atoms with E-state index in [-0.39, 0.29) is 0 Å². The Morgan fingerprint density at radius 3 is 0.625 bits per heavy atom. The van der Waals surface area contributed by atoms with Crippen LogP contribution >= 0.6 is 68.0 Å². The summed E-state index contributed by atoms with van der Waals surface area (Å²) in [6, 6.07) is 46.0. The molecule has 412 valence electrons. The first-order chi connectivity index (χ1) is 39.7. The lowest BCUT2D eigenvalue weighted by atomic mass is 10.4. The topological polar surface area (TPSA) is 75.1 Å². The monoisotopic (exact) mass is 1180 g/mol. The largest absolute Gasteiger partial charge is 0.379 e. The summed E-state index contributed by atoms with van der Waals surface area (Å²) in [6.07, 6.45) is 12.7. The maximum atomic E-state index is 6.09. The molecule has 13 rings (SSSR count). The molecule has 0 radical (unpaired) electrons. The van der Waals surface area contributed by atoms with Crippen LogP contribution in [-0.2, 0) is 54.6 Å². The summed E-state index contributed by atoms with van der Waals surface area (Å²) in [5.41, 5.74) is 0. The van der Waals surface area contributed by atoms with Crippen molar-refractivity contribution in [1.82, 2.24) is 18.3 Å². The third-order valence-corrected chi connectivity index (χ3v) is 21.2. The SMILES string of the molecule is C1=c2ccc(s2)=c2ccc3n2CCCOCCOCCOCCCn2c(ccc2=c2ccc=3s2)=c2ccc(s2)=CC=c2ccc(s2)=c2cc/c3n2CCCOCCOCCOCCCn2c(cc/c2=c2\cc\c=3s2)=c2ccc(s2)=C1. The molecule has 0 aromatic carbocycles. The summed E-state index contributed by atoms with van der Waals surface area (Å²) in [5.74, 6) is 0. The van der Waals surface area contributed by atoms with Gasteiger partial charge in [-0.3, -0.25) is 0 Å². The standard InChI is InChI=1S/C64H64N4O6S6/c1-29-65-49-13-17-53(65)61-25-26-62(79-61)54-18-14-50(66(54)30-2-34-70-38-42-73-41-37-69-33-1)58-23-11-47(77-58)7-8-48-12-24-60(78-48)52-16-20-56-64-28-27-63(80-64)55-19-15-51(59-22-10-46(76-59)6-5-45-9-21-57(49)75-45)67(55)31-3-35-71-39-43-74-44-40-72-36-4-32-68(52)56/h5-28H,1-4,29-44H2/b6-5?,8-7?,45-5?,46-6?,47-7?,48-8?,57-49?,58-50?,59-51?,60-52?,61-53-,62-54+,63-55?,64-56?. The Labute approximate surface area is 485 Å². The summed E-state index contributed by atoms with van der Waals surface area (Å²) in [7, 11) is 0. The highest BCUT2D eigenvalue weighted by molar-refractivity contribution is 7.09. The molecule has 3 aliphatic heterocycles. The smallest absolute Gasteiger partial charge is 0.0701 e. The minimum absolute atomic E-state index is 0.561. The van der Waals surface area contributed by atoms with E-state index in [2.05, 4.69) is 164 Å². The summed E-state index contributed by atoms with van der Waals surface area (Å²) in [4.78, 5) is 0. The molecule has 0 aliphatic carbocycles. The van der Waals surface area contributed by atoms with Crippen LogP contribution < -0.4 is 18.1 Å². The molecule has 0 unspecified atom stereocenters. The highest BCUT2D eigenvalue weighted by Gasteiger charge is 2.09. The van der Waals surface area contributed by atoms with Gasteiger partial charge in [0.25, 0.3) is 0 Å². The van der Waals surface area contributed by atoms with E-state index in [1.54, 1.807) is 0 Å². The van der Waals surface area contributed by atoms with Crippen LogP contribution in [-0.4, -0.2) is 97.6 Å². The molecule has 0 saturated heterocycles. The zero-order valence-corrected chi connectivity index (χ0v) is 49.6. The average molecular weight is 1180 g/mol. The normalized spacial score (nSPS) is 17.5. The van der Waals surface area contributed by atoms with Crippen molar-refractivity contribution in [3.8, 4) is 0 Å². The number of nitrogens with zero attached hydrogens (tertiary/aromatic N) is 4. The lowest BCUT2D eigenvalue weighted by Gasteiger charge is -2.09. The lowest BCUT2D eigenvalue weighted by Crippen LogP contribution is -2.12. The van der Waals surface area contributed by atoms with Crippen LogP contribution in [0.3, 0.4) is 0 Å². The Morgan fingerprint density at radius 1 is 0.212 bits per heavy atom. The van der Waals surface area contributed by atoms with Gasteiger partial charge in [0.2, 0.25) is 0 Å². The van der Waals surface area contributed by atoms with Crippen molar-refractivity contribution in [3.05, 3.63) is 219 Å². The average Bonchev–Trinajstić information content (AvgIpc) is 4.34. The van der Waals surface area contributed by atoms with Crippen LogP contribution in [0.1, 0.15) is 25.7 Å². The van der Waals surface area contributed by atoms with Gasteiger partial charge in [-0.2, -0.15) is 0 Å². The minimum Gasteiger partial charge on any atom is -0.379 e. The van der Waals surface area contributed by atoms with Gasteiger partial charge >= 0.3 is 0 Å². The molecule has 0 fully saturated rings. The van der Waals surface area contributed by atoms with E-state index in [0.717, 1.165) is 51.9 Å². The second kappa shape index (κ2) is 25.8. The molecular formula is C64H64N4O6S6. The third-order valence-electron chi connectivity index (χ3n) is 14.7. The number of aromatic nitrogens is 4. The number of ether oxygens (including phenoxy) is 6. The zero-order chi connectivity index (χ0) is 53.5. The second-order valence-electron chi connectivity index (χ2n) is 19.9. The Balaban J connectivity index is 1.04. The van der Waals surface area contributed by atoms with Gasteiger partial charge in [-0.05, 0) is 171 Å². The molecular weight excluding hydrogens is 1110 g/mol. The number of hydrogen-bond acceptors (Lipinski definition) is 12. The van der Waals surface area contributed by atoms with E-state index < -0.39 is 0 Å². The Kier molecular flexibility index (Phi) is 17.4. The molecule has 0 spiro atoms. The molecule has 0 amide bonds. The van der Waals surface area contributed by atoms with Gasteiger partial charge in [0.05, 0.1) is 132 Å². The van der Waals surface area contributed by atoms with Crippen LogP contribution in [0.15, 0.2) is 121 Å². The van der Waals surface area contributed by atoms with Crippen LogP contribution in [0, 0.1) is 79.1 Å². The van der Waals surface area contributed by atoms with Gasteiger partial charge in [0.15, 0.2) is 0 Å². The van der Waals surface area contributed by atoms with E-state index >= 15 is 0 Å². The van der Waals surface area contributed by atoms with Crippen molar-refractivity contribution >= 4 is 92.3 Å². The lowest BCUT2D eigenvalue weighted by molar-refractivity contribution is 0.0128. The Bertz CT molecular complexity index is 4280. The first kappa shape index (κ1) is 53.8. The van der Waals surface area contributed by atoms with E-state index in [1.807, 2.05) is 68.0 Å². The molecule has 0 atom stereocenters. The van der Waals surface area contributed by atoms with Crippen molar-refractivity contribution in [1.29, 1.82) is 0 Å². The second-order valence-corrected chi connectivity index (χ2v) is 26.5. The first-order valence-electron chi connectivity index (χ1n) is 27.9. The van der Waals surface area contributed by atoms with Gasteiger partial charge in [-0.15, -0.1) is 68.0 Å². The fraction of sp³-hybridized carbons (Fsp3) is 0.312. The molecule has 13 heterocycles. The fourth-order valence-corrected chi connectivity index (χ4v) is 16.7. The van der Waals surface area contributed by atoms with Gasteiger partial charge < -0.3 is 46.7 Å². The predicted molar refractivity (Wildman–Crippen MR) is 325 cm³/mol. The van der Waals surface area contributed by atoms with Crippen molar-refractivity contribution in [2.45, 2.75) is 51.9 Å². The highest BCUT2D eigenvalue weighted by Crippen LogP contribution is 2.18.